The number of nitrogens with one attached hydrogen (secondary N) is 1. The van der Waals surface area contributed by atoms with Crippen LogP contribution in [0.5, 0.6) is 0 Å². The van der Waals surface area contributed by atoms with Crippen LogP contribution in [0.25, 0.3) is 0 Å². The standard InChI is InChI=1S/C18H27N3OS/c1-3-16-17(22)21(13-12-20-10-8-19-9-11-20)18(23-16)15-7-5-4-6-14(15)2/h4-7,16,18-19H,3,8-13H2,1-2H3. The summed E-state index contributed by atoms with van der Waals surface area (Å²) >= 11 is 1.83. The minimum atomic E-state index is 0.114. The molecule has 1 N–H and O–H groups in total. The fraction of sp³-hybridized carbons (Fsp3) is 0.611. The Labute approximate surface area is 143 Å². The largest absolute Gasteiger partial charge is 0.324 e. The zero-order chi connectivity index (χ0) is 16.2. The first-order chi connectivity index (χ1) is 11.2. The normalized spacial score (nSPS) is 26.0. The number of hydrogen-bond donors (Lipinski definition) is 1. The molecule has 1 amide bonds. The molecule has 2 atom stereocenters. The molecule has 0 bridgehead atoms. The lowest BCUT2D eigenvalue weighted by Crippen LogP contribution is -2.47. The highest BCUT2D eigenvalue weighted by Crippen LogP contribution is 2.44. The summed E-state index contributed by atoms with van der Waals surface area (Å²) in [7, 11) is 0. The number of rotatable bonds is 5. The number of piperazine rings is 1. The molecule has 5 heteroatoms. The number of benzene rings is 1. The van der Waals surface area contributed by atoms with Gasteiger partial charge in [0.1, 0.15) is 5.37 Å². The number of carbonyl (C=O) groups is 1. The smallest absolute Gasteiger partial charge is 0.236 e. The van der Waals surface area contributed by atoms with E-state index in [0.717, 1.165) is 45.7 Å². The third kappa shape index (κ3) is 3.73. The zero-order valence-corrected chi connectivity index (χ0v) is 14.9. The Morgan fingerprint density at radius 2 is 1.96 bits per heavy atom. The van der Waals surface area contributed by atoms with Crippen LogP contribution in [0.15, 0.2) is 24.3 Å². The van der Waals surface area contributed by atoms with Crippen LogP contribution in [-0.4, -0.2) is 60.2 Å². The van der Waals surface area contributed by atoms with Gasteiger partial charge in [0.2, 0.25) is 5.91 Å². The molecule has 2 saturated heterocycles. The first-order valence-corrected chi connectivity index (χ1v) is 9.59. The van der Waals surface area contributed by atoms with E-state index in [4.69, 9.17) is 0 Å². The van der Waals surface area contributed by atoms with Gasteiger partial charge in [-0.1, -0.05) is 31.2 Å². The lowest BCUT2D eigenvalue weighted by atomic mass is 10.1. The zero-order valence-electron chi connectivity index (χ0n) is 14.1. The second kappa shape index (κ2) is 7.69. The molecule has 0 aliphatic carbocycles. The van der Waals surface area contributed by atoms with E-state index in [1.54, 1.807) is 0 Å². The maximum Gasteiger partial charge on any atom is 0.236 e. The molecule has 0 saturated carbocycles. The molecule has 2 fully saturated rings. The summed E-state index contributed by atoms with van der Waals surface area (Å²) < 4.78 is 0. The molecule has 2 heterocycles. The summed E-state index contributed by atoms with van der Waals surface area (Å²) in [6.45, 7) is 10.4. The van der Waals surface area contributed by atoms with E-state index in [9.17, 15) is 4.79 Å². The lowest BCUT2D eigenvalue weighted by Gasteiger charge is -2.31. The number of hydrogen-bond acceptors (Lipinski definition) is 4. The monoisotopic (exact) mass is 333 g/mol. The van der Waals surface area contributed by atoms with Crippen molar-refractivity contribution in [3.05, 3.63) is 35.4 Å². The third-order valence-corrected chi connectivity index (χ3v) is 6.46. The second-order valence-corrected chi connectivity index (χ2v) is 7.65. The first kappa shape index (κ1) is 16.8. The molecule has 3 rings (SSSR count). The van der Waals surface area contributed by atoms with E-state index in [1.807, 2.05) is 11.8 Å². The van der Waals surface area contributed by atoms with Gasteiger partial charge in [0, 0.05) is 39.3 Å². The van der Waals surface area contributed by atoms with Crippen LogP contribution in [0.4, 0.5) is 0 Å². The maximum absolute atomic E-state index is 12.8. The Hall–Kier alpha value is -1.04. The fourth-order valence-electron chi connectivity index (χ4n) is 3.38. The molecule has 0 radical (unpaired) electrons. The van der Waals surface area contributed by atoms with Crippen LogP contribution in [0.1, 0.15) is 29.8 Å². The highest BCUT2D eigenvalue weighted by Gasteiger charge is 2.40. The summed E-state index contributed by atoms with van der Waals surface area (Å²) in [4.78, 5) is 17.4. The molecular formula is C18H27N3OS. The highest BCUT2D eigenvalue weighted by atomic mass is 32.2. The van der Waals surface area contributed by atoms with Crippen molar-refractivity contribution in [2.45, 2.75) is 30.9 Å². The summed E-state index contributed by atoms with van der Waals surface area (Å²) in [6.07, 6.45) is 0.913. The van der Waals surface area contributed by atoms with Crippen LogP contribution < -0.4 is 5.32 Å². The minimum Gasteiger partial charge on any atom is -0.324 e. The maximum atomic E-state index is 12.8. The predicted octanol–water partition coefficient (Wildman–Crippen LogP) is 2.25. The van der Waals surface area contributed by atoms with Crippen molar-refractivity contribution in [1.29, 1.82) is 0 Å². The number of amides is 1. The Bertz CT molecular complexity index is 545. The van der Waals surface area contributed by atoms with E-state index in [0.29, 0.717) is 5.91 Å². The quantitative estimate of drug-likeness (QED) is 0.896. The molecule has 1 aromatic rings. The molecule has 1 aromatic carbocycles. The van der Waals surface area contributed by atoms with Crippen molar-refractivity contribution in [3.63, 3.8) is 0 Å². The summed E-state index contributed by atoms with van der Waals surface area (Å²) in [5.41, 5.74) is 2.57. The Kier molecular flexibility index (Phi) is 5.62. The van der Waals surface area contributed by atoms with Gasteiger partial charge in [-0.2, -0.15) is 0 Å². The van der Waals surface area contributed by atoms with Gasteiger partial charge in [0.15, 0.2) is 0 Å². The average Bonchev–Trinajstić information content (AvgIpc) is 2.90. The van der Waals surface area contributed by atoms with Gasteiger partial charge in [-0.15, -0.1) is 11.8 Å². The van der Waals surface area contributed by atoms with Gasteiger partial charge in [-0.05, 0) is 24.5 Å². The van der Waals surface area contributed by atoms with Crippen molar-refractivity contribution < 1.29 is 4.79 Å². The van der Waals surface area contributed by atoms with E-state index in [2.05, 4.69) is 53.2 Å². The molecule has 2 aliphatic heterocycles. The van der Waals surface area contributed by atoms with Gasteiger partial charge < -0.3 is 10.2 Å². The molecule has 23 heavy (non-hydrogen) atoms. The first-order valence-electron chi connectivity index (χ1n) is 8.65. The van der Waals surface area contributed by atoms with Crippen LogP contribution in [-0.2, 0) is 4.79 Å². The lowest BCUT2D eigenvalue weighted by molar-refractivity contribution is -0.130. The van der Waals surface area contributed by atoms with Crippen molar-refractivity contribution in [3.8, 4) is 0 Å². The molecule has 4 nitrogen and oxygen atoms in total. The van der Waals surface area contributed by atoms with E-state index < -0.39 is 0 Å². The van der Waals surface area contributed by atoms with E-state index in [-0.39, 0.29) is 10.6 Å². The number of aryl methyl sites for hydroxylation is 1. The number of nitrogens with zero attached hydrogens (tertiary/aromatic N) is 2. The van der Waals surface area contributed by atoms with Crippen molar-refractivity contribution >= 4 is 17.7 Å². The van der Waals surface area contributed by atoms with Gasteiger partial charge in [0.25, 0.3) is 0 Å². The van der Waals surface area contributed by atoms with E-state index >= 15 is 0 Å². The molecule has 2 aliphatic rings. The topological polar surface area (TPSA) is 35.6 Å². The fourth-order valence-corrected chi connectivity index (χ4v) is 4.90. The van der Waals surface area contributed by atoms with Crippen molar-refractivity contribution in [2.24, 2.45) is 0 Å². The SMILES string of the molecule is CCC1SC(c2ccccc2C)N(CCN2CCNCC2)C1=O. The number of thioether (sulfide) groups is 1. The minimum absolute atomic E-state index is 0.114. The van der Waals surface area contributed by atoms with Gasteiger partial charge in [-0.25, -0.2) is 0 Å². The Morgan fingerprint density at radius 3 is 2.65 bits per heavy atom. The average molecular weight is 334 g/mol. The molecular weight excluding hydrogens is 306 g/mol. The third-order valence-electron chi connectivity index (χ3n) is 4.83. The second-order valence-electron chi connectivity index (χ2n) is 6.37. The van der Waals surface area contributed by atoms with Crippen molar-refractivity contribution in [1.82, 2.24) is 15.1 Å². The molecule has 126 valence electrons. The van der Waals surface area contributed by atoms with Crippen LogP contribution in [0.3, 0.4) is 0 Å². The van der Waals surface area contributed by atoms with Crippen molar-refractivity contribution in [2.75, 3.05) is 39.3 Å². The van der Waals surface area contributed by atoms with Crippen LogP contribution in [0, 0.1) is 6.92 Å². The summed E-state index contributed by atoms with van der Waals surface area (Å²) in [5, 5.41) is 3.67. The summed E-state index contributed by atoms with van der Waals surface area (Å²) in [6, 6.07) is 8.48. The number of carbonyl (C=O) groups excluding carboxylic acids is 1. The van der Waals surface area contributed by atoms with Crippen LogP contribution in [0.2, 0.25) is 0 Å². The van der Waals surface area contributed by atoms with E-state index in [1.165, 1.54) is 11.1 Å². The highest BCUT2D eigenvalue weighted by molar-refractivity contribution is 8.01. The van der Waals surface area contributed by atoms with Crippen LogP contribution >= 0.6 is 11.8 Å². The Balaban J connectivity index is 1.73. The Morgan fingerprint density at radius 1 is 1.22 bits per heavy atom. The molecule has 2 unspecified atom stereocenters. The summed E-state index contributed by atoms with van der Waals surface area (Å²) in [5.74, 6) is 0.320. The molecule has 0 spiro atoms. The van der Waals surface area contributed by atoms with Gasteiger partial charge in [-0.3, -0.25) is 9.69 Å². The van der Waals surface area contributed by atoms with Gasteiger partial charge in [0.05, 0.1) is 5.25 Å². The van der Waals surface area contributed by atoms with Gasteiger partial charge >= 0.3 is 0 Å². The molecule has 0 aromatic heterocycles. The predicted molar refractivity (Wildman–Crippen MR) is 96.6 cm³/mol.